The first kappa shape index (κ1) is 52.0. The Labute approximate surface area is 328 Å². The molecule has 0 aliphatic rings. The Hall–Kier alpha value is -1.02. The highest BCUT2D eigenvalue weighted by Crippen LogP contribution is 2.43. The summed E-state index contributed by atoms with van der Waals surface area (Å²) in [6, 6.07) is -0.840. The second kappa shape index (κ2) is 36.6. The number of aliphatic hydroxyl groups is 1. The fourth-order valence-electron chi connectivity index (χ4n) is 6.33. The third kappa shape index (κ3) is 39.0. The maximum atomic E-state index is 12.8. The number of carbonyl (C=O) groups excluding carboxylic acids is 1. The van der Waals surface area contributed by atoms with Crippen molar-refractivity contribution < 1.29 is 32.9 Å². The zero-order valence-electron chi connectivity index (χ0n) is 35.5. The minimum absolute atomic E-state index is 0.0619. The van der Waals surface area contributed by atoms with E-state index in [-0.39, 0.29) is 19.1 Å². The lowest BCUT2D eigenvalue weighted by atomic mass is 10.0. The number of aliphatic hydroxyl groups excluding tert-OH is 1. The summed E-state index contributed by atoms with van der Waals surface area (Å²) in [6.45, 7) is 4.73. The van der Waals surface area contributed by atoms with E-state index >= 15 is 0 Å². The van der Waals surface area contributed by atoms with Gasteiger partial charge in [-0.15, -0.1) is 0 Å². The van der Waals surface area contributed by atoms with E-state index < -0.39 is 20.0 Å². The van der Waals surface area contributed by atoms with Gasteiger partial charge in [-0.05, 0) is 44.9 Å². The molecule has 0 heterocycles. The van der Waals surface area contributed by atoms with Crippen molar-refractivity contribution in [1.29, 1.82) is 0 Å². The van der Waals surface area contributed by atoms with E-state index in [0.29, 0.717) is 17.4 Å². The summed E-state index contributed by atoms with van der Waals surface area (Å²) in [5.74, 6) is -0.182. The fraction of sp³-hybridized carbons (Fsp3) is 0.886. The molecule has 9 heteroatoms. The summed E-state index contributed by atoms with van der Waals surface area (Å²) in [5, 5.41) is 13.6. The summed E-state index contributed by atoms with van der Waals surface area (Å²) in [7, 11) is 1.57. The number of rotatable bonds is 40. The number of amides is 1. The van der Waals surface area contributed by atoms with Crippen molar-refractivity contribution >= 4 is 13.7 Å². The number of nitrogens with one attached hydrogen (secondary N) is 1. The number of likely N-dealkylation sites (N-methyl/N-ethyl adjacent to an activating group) is 1. The molecule has 1 amide bonds. The monoisotopic (exact) mass is 772 g/mol. The molecule has 0 bridgehead atoms. The van der Waals surface area contributed by atoms with Crippen LogP contribution in [-0.2, 0) is 18.4 Å². The molecular weight excluding hydrogens is 683 g/mol. The van der Waals surface area contributed by atoms with Gasteiger partial charge in [-0.25, -0.2) is 4.57 Å². The van der Waals surface area contributed by atoms with E-state index in [1.807, 2.05) is 27.2 Å². The Bertz CT molecular complexity index is 922. The molecule has 0 aromatic rings. The molecule has 0 aromatic carbocycles. The number of phosphoric acid groups is 1. The lowest BCUT2D eigenvalue weighted by Gasteiger charge is -2.25. The first-order valence-corrected chi connectivity index (χ1v) is 23.7. The lowest BCUT2D eigenvalue weighted by Crippen LogP contribution is -2.45. The molecule has 0 spiro atoms. The smallest absolute Gasteiger partial charge is 0.387 e. The largest absolute Gasteiger partial charge is 0.472 e. The molecule has 0 saturated heterocycles. The van der Waals surface area contributed by atoms with Gasteiger partial charge in [-0.3, -0.25) is 13.8 Å². The van der Waals surface area contributed by atoms with Crippen molar-refractivity contribution in [2.75, 3.05) is 40.9 Å². The summed E-state index contributed by atoms with van der Waals surface area (Å²) in [5.41, 5.74) is 0. The van der Waals surface area contributed by atoms with E-state index in [1.54, 1.807) is 6.08 Å². The van der Waals surface area contributed by atoms with Crippen LogP contribution in [0.1, 0.15) is 200 Å². The van der Waals surface area contributed by atoms with Gasteiger partial charge in [0.1, 0.15) is 13.2 Å². The Morgan fingerprint density at radius 3 is 1.47 bits per heavy atom. The van der Waals surface area contributed by atoms with E-state index in [1.165, 1.54) is 135 Å². The average Bonchev–Trinajstić information content (AvgIpc) is 3.10. The van der Waals surface area contributed by atoms with Crippen LogP contribution >= 0.6 is 7.82 Å². The highest BCUT2D eigenvalue weighted by Gasteiger charge is 2.27. The maximum Gasteiger partial charge on any atom is 0.472 e. The SMILES string of the molecule is CCCCCC/C=C/C(O)C(COP(=O)(O)OCC[N+](C)(C)C)NC(=O)CCCCCCCCCCCCCCC/C=C\CCCCCCCCCC. The molecule has 0 saturated carbocycles. The molecule has 314 valence electrons. The predicted octanol–water partition coefficient (Wildman–Crippen LogP) is 12.1. The Morgan fingerprint density at radius 1 is 0.623 bits per heavy atom. The van der Waals surface area contributed by atoms with E-state index in [4.69, 9.17) is 9.05 Å². The summed E-state index contributed by atoms with van der Waals surface area (Å²) in [6.07, 6.45) is 42.9. The molecular formula is C44H88N2O6P+. The number of hydrogen-bond acceptors (Lipinski definition) is 5. The van der Waals surface area contributed by atoms with Gasteiger partial charge in [-0.1, -0.05) is 173 Å². The van der Waals surface area contributed by atoms with Crippen LogP contribution in [0.4, 0.5) is 0 Å². The predicted molar refractivity (Wildman–Crippen MR) is 226 cm³/mol. The number of carbonyl (C=O) groups is 1. The van der Waals surface area contributed by atoms with E-state index in [9.17, 15) is 19.4 Å². The van der Waals surface area contributed by atoms with E-state index in [2.05, 4.69) is 31.3 Å². The number of allylic oxidation sites excluding steroid dienone is 3. The zero-order valence-corrected chi connectivity index (χ0v) is 36.4. The molecule has 3 unspecified atom stereocenters. The molecule has 3 N–H and O–H groups in total. The Morgan fingerprint density at radius 2 is 1.02 bits per heavy atom. The first-order chi connectivity index (χ1) is 25.5. The molecule has 3 atom stereocenters. The second-order valence-corrected chi connectivity index (χ2v) is 17.9. The molecule has 0 rings (SSSR count). The quantitative estimate of drug-likeness (QED) is 0.0248. The summed E-state index contributed by atoms with van der Waals surface area (Å²) in [4.78, 5) is 22.9. The number of unbranched alkanes of at least 4 members (excludes halogenated alkanes) is 25. The normalized spacial score (nSPS) is 14.6. The van der Waals surface area contributed by atoms with Gasteiger partial charge < -0.3 is 19.8 Å². The van der Waals surface area contributed by atoms with Crippen LogP contribution in [0.15, 0.2) is 24.3 Å². The van der Waals surface area contributed by atoms with Crippen LogP contribution in [0.3, 0.4) is 0 Å². The number of quaternary nitrogens is 1. The zero-order chi connectivity index (χ0) is 39.3. The van der Waals surface area contributed by atoms with E-state index in [0.717, 1.165) is 44.9 Å². The molecule has 0 aromatic heterocycles. The topological polar surface area (TPSA) is 105 Å². The van der Waals surface area contributed by atoms with Crippen molar-refractivity contribution in [3.8, 4) is 0 Å². The maximum absolute atomic E-state index is 12.8. The van der Waals surface area contributed by atoms with Gasteiger partial charge in [0.2, 0.25) is 5.91 Å². The number of nitrogens with zero attached hydrogens (tertiary/aromatic N) is 1. The molecule has 0 aliphatic carbocycles. The molecule has 0 radical (unpaired) electrons. The third-order valence-corrected chi connectivity index (χ3v) is 10.9. The number of phosphoric ester groups is 1. The summed E-state index contributed by atoms with van der Waals surface area (Å²) < 4.78 is 23.4. The highest BCUT2D eigenvalue weighted by molar-refractivity contribution is 7.47. The Balaban J connectivity index is 4.02. The van der Waals surface area contributed by atoms with Crippen molar-refractivity contribution in [2.24, 2.45) is 0 Å². The van der Waals surface area contributed by atoms with Crippen molar-refractivity contribution in [2.45, 2.75) is 212 Å². The van der Waals surface area contributed by atoms with Crippen LogP contribution in [0.5, 0.6) is 0 Å². The van der Waals surface area contributed by atoms with Crippen LogP contribution in [0.25, 0.3) is 0 Å². The van der Waals surface area contributed by atoms with Gasteiger partial charge in [-0.2, -0.15) is 0 Å². The lowest BCUT2D eigenvalue weighted by molar-refractivity contribution is -0.870. The number of hydrogen-bond donors (Lipinski definition) is 3. The minimum atomic E-state index is -4.32. The first-order valence-electron chi connectivity index (χ1n) is 22.2. The molecule has 0 fully saturated rings. The Kier molecular flexibility index (Phi) is 35.9. The molecule has 0 aliphatic heterocycles. The molecule has 8 nitrogen and oxygen atoms in total. The average molecular weight is 772 g/mol. The fourth-order valence-corrected chi connectivity index (χ4v) is 7.07. The highest BCUT2D eigenvalue weighted by atomic mass is 31.2. The van der Waals surface area contributed by atoms with Crippen molar-refractivity contribution in [3.05, 3.63) is 24.3 Å². The van der Waals surface area contributed by atoms with Gasteiger partial charge in [0.25, 0.3) is 0 Å². The van der Waals surface area contributed by atoms with Crippen LogP contribution < -0.4 is 5.32 Å². The van der Waals surface area contributed by atoms with Crippen molar-refractivity contribution in [1.82, 2.24) is 5.32 Å². The van der Waals surface area contributed by atoms with Gasteiger partial charge >= 0.3 is 7.82 Å². The standard InChI is InChI=1S/C44H87N2O6P/c1-6-8-10-12-14-15-16-17-18-19-20-21-22-23-24-25-26-27-28-29-30-31-32-34-36-38-44(48)45-42(43(47)37-35-33-13-11-9-7-2)41-52-53(49,50)51-40-39-46(3,4)5/h19-20,35,37,42-43,47H,6-18,21-34,36,38-41H2,1-5H3,(H-,45,48,49,50)/p+1/b20-19-,37-35+. The van der Waals surface area contributed by atoms with Crippen LogP contribution in [-0.4, -0.2) is 73.4 Å². The minimum Gasteiger partial charge on any atom is -0.387 e. The molecule has 53 heavy (non-hydrogen) atoms. The third-order valence-electron chi connectivity index (χ3n) is 9.92. The van der Waals surface area contributed by atoms with Crippen LogP contribution in [0, 0.1) is 0 Å². The van der Waals surface area contributed by atoms with Gasteiger partial charge in [0.15, 0.2) is 0 Å². The second-order valence-electron chi connectivity index (χ2n) is 16.4. The van der Waals surface area contributed by atoms with Crippen LogP contribution in [0.2, 0.25) is 0 Å². The summed E-state index contributed by atoms with van der Waals surface area (Å²) >= 11 is 0. The van der Waals surface area contributed by atoms with Gasteiger partial charge in [0, 0.05) is 6.42 Å². The van der Waals surface area contributed by atoms with Gasteiger partial charge in [0.05, 0.1) is 39.9 Å². The van der Waals surface area contributed by atoms with Crippen molar-refractivity contribution in [3.63, 3.8) is 0 Å².